The second-order valence-corrected chi connectivity index (χ2v) is 10.8. The van der Waals surface area contributed by atoms with Gasteiger partial charge in [0.1, 0.15) is 11.6 Å². The molecule has 0 atom stereocenters. The van der Waals surface area contributed by atoms with Crippen molar-refractivity contribution >= 4 is 11.8 Å². The Morgan fingerprint density at radius 3 is 2.45 bits per heavy atom. The van der Waals surface area contributed by atoms with Crippen molar-refractivity contribution < 1.29 is 18.7 Å². The summed E-state index contributed by atoms with van der Waals surface area (Å²) in [4.78, 5) is 30.9. The van der Waals surface area contributed by atoms with Gasteiger partial charge in [-0.1, -0.05) is 19.9 Å². The smallest absolute Gasteiger partial charge is 0.253 e. The van der Waals surface area contributed by atoms with Crippen molar-refractivity contribution in [3.63, 3.8) is 0 Å². The second-order valence-electron chi connectivity index (χ2n) is 10.8. The molecule has 0 aliphatic carbocycles. The van der Waals surface area contributed by atoms with E-state index in [1.165, 1.54) is 17.2 Å². The molecule has 0 spiro atoms. The third-order valence-corrected chi connectivity index (χ3v) is 7.07. The van der Waals surface area contributed by atoms with E-state index in [1.807, 2.05) is 32.3 Å². The van der Waals surface area contributed by atoms with Gasteiger partial charge in [-0.2, -0.15) is 0 Å². The van der Waals surface area contributed by atoms with E-state index in [9.17, 15) is 14.0 Å². The number of pyridine rings is 1. The van der Waals surface area contributed by atoms with Crippen LogP contribution in [0.1, 0.15) is 88.9 Å². The molecule has 8 heteroatoms. The summed E-state index contributed by atoms with van der Waals surface area (Å²) in [5.41, 5.74) is 10.4. The highest BCUT2D eigenvalue weighted by Gasteiger charge is 2.17. The van der Waals surface area contributed by atoms with E-state index in [4.69, 9.17) is 10.5 Å². The zero-order chi connectivity index (χ0) is 30.3. The fraction of sp³-hybridized carbons (Fsp3) is 0.441. The predicted octanol–water partition coefficient (Wildman–Crippen LogP) is 6.01. The van der Waals surface area contributed by atoms with Crippen molar-refractivity contribution in [1.82, 2.24) is 15.2 Å². The van der Waals surface area contributed by atoms with E-state index in [2.05, 4.69) is 23.3 Å². The summed E-state index contributed by atoms with van der Waals surface area (Å²) in [6.45, 7) is 9.30. The summed E-state index contributed by atoms with van der Waals surface area (Å²) in [6, 6.07) is 12.1. The van der Waals surface area contributed by atoms with Crippen LogP contribution in [0.15, 0.2) is 54.9 Å². The van der Waals surface area contributed by atoms with E-state index >= 15 is 0 Å². The molecular formula is C34H45FN4O3. The molecule has 226 valence electrons. The van der Waals surface area contributed by atoms with Gasteiger partial charge in [0.15, 0.2) is 0 Å². The number of rotatable bonds is 18. The van der Waals surface area contributed by atoms with Gasteiger partial charge in [0.25, 0.3) is 5.91 Å². The summed E-state index contributed by atoms with van der Waals surface area (Å²) in [5, 5.41) is 3.46. The van der Waals surface area contributed by atoms with E-state index in [-0.39, 0.29) is 11.7 Å². The molecule has 42 heavy (non-hydrogen) atoms. The maximum atomic E-state index is 14.3. The Kier molecular flexibility index (Phi) is 13.4. The molecule has 1 aromatic heterocycles. The normalized spacial score (nSPS) is 11.0. The molecule has 3 N–H and O–H groups in total. The monoisotopic (exact) mass is 576 g/mol. The Balaban J connectivity index is 1.39. The summed E-state index contributed by atoms with van der Waals surface area (Å²) < 4.78 is 20.1. The third-order valence-electron chi connectivity index (χ3n) is 7.07. The predicted molar refractivity (Wildman–Crippen MR) is 165 cm³/mol. The number of amides is 2. The first-order valence-corrected chi connectivity index (χ1v) is 15.1. The minimum atomic E-state index is -0.549. The molecule has 0 radical (unpaired) electrons. The number of carbonyl (C=O) groups excluding carboxylic acids is 2. The Bertz CT molecular complexity index is 1310. The first-order valence-electron chi connectivity index (χ1n) is 15.1. The number of hydrogen-bond acceptors (Lipinski definition) is 5. The van der Waals surface area contributed by atoms with Gasteiger partial charge < -0.3 is 20.7 Å². The van der Waals surface area contributed by atoms with Crippen LogP contribution < -0.4 is 15.8 Å². The highest BCUT2D eigenvalue weighted by molar-refractivity contribution is 5.99. The number of hydrogen-bond donors (Lipinski definition) is 2. The molecule has 3 rings (SSSR count). The fourth-order valence-electron chi connectivity index (χ4n) is 4.90. The molecule has 2 aromatic carbocycles. The van der Waals surface area contributed by atoms with Crippen molar-refractivity contribution in [3.8, 4) is 5.75 Å². The summed E-state index contributed by atoms with van der Waals surface area (Å²) in [6.07, 6.45) is 9.80. The van der Waals surface area contributed by atoms with Crippen LogP contribution in [0.25, 0.3) is 0 Å². The second kappa shape index (κ2) is 17.2. The number of nitrogens with one attached hydrogen (secondary N) is 1. The van der Waals surface area contributed by atoms with Crippen LogP contribution >= 0.6 is 0 Å². The minimum Gasteiger partial charge on any atom is -0.493 e. The summed E-state index contributed by atoms with van der Waals surface area (Å²) in [7, 11) is 0. The van der Waals surface area contributed by atoms with Crippen LogP contribution in [0, 0.1) is 12.7 Å². The number of unbranched alkanes of at least 4 members (excludes halogenated alkanes) is 2. The highest BCUT2D eigenvalue weighted by Crippen LogP contribution is 2.19. The molecule has 1 heterocycles. The Hall–Kier alpha value is -3.78. The lowest BCUT2D eigenvalue weighted by Gasteiger charge is -2.22. The van der Waals surface area contributed by atoms with Gasteiger partial charge in [-0.15, -0.1) is 0 Å². The lowest BCUT2D eigenvalue weighted by atomic mass is 10.0. The molecule has 0 aliphatic heterocycles. The molecule has 0 aliphatic rings. The lowest BCUT2D eigenvalue weighted by molar-refractivity contribution is 0.0750. The fourth-order valence-corrected chi connectivity index (χ4v) is 4.90. The number of nitrogens with two attached hydrogens (primary N) is 1. The largest absolute Gasteiger partial charge is 0.493 e. The maximum Gasteiger partial charge on any atom is 0.253 e. The maximum absolute atomic E-state index is 14.3. The topological polar surface area (TPSA) is 97.6 Å². The summed E-state index contributed by atoms with van der Waals surface area (Å²) in [5.74, 6) is -0.424. The Morgan fingerprint density at radius 1 is 0.905 bits per heavy atom. The van der Waals surface area contributed by atoms with Crippen molar-refractivity contribution in [2.24, 2.45) is 5.73 Å². The van der Waals surface area contributed by atoms with Gasteiger partial charge in [0.05, 0.1) is 6.61 Å². The zero-order valence-electron chi connectivity index (χ0n) is 25.3. The van der Waals surface area contributed by atoms with Crippen LogP contribution in [-0.4, -0.2) is 47.9 Å². The Morgan fingerprint density at radius 2 is 1.69 bits per heavy atom. The average molecular weight is 577 g/mol. The standard InChI is InChI=1S/C34H45FN4O3/c1-4-12-39(34(41)30-16-25(3)15-29(20-30)33(36)40)13-8-9-14-42-32-19-27(18-31(35)21-32)10-6-7-11-37-23-28-17-26(5-2)22-38-24-28/h15-22,24,37H,4-14,23H2,1-3H3,(H2,36,40). The number of aromatic nitrogens is 1. The molecule has 0 bridgehead atoms. The minimum absolute atomic E-state index is 0.114. The van der Waals surface area contributed by atoms with E-state index in [1.54, 1.807) is 29.2 Å². The van der Waals surface area contributed by atoms with Gasteiger partial charge in [-0.3, -0.25) is 14.6 Å². The number of nitrogens with zero attached hydrogens (tertiary/aromatic N) is 2. The Labute approximate surface area is 249 Å². The summed E-state index contributed by atoms with van der Waals surface area (Å²) >= 11 is 0. The quantitative estimate of drug-likeness (QED) is 0.181. The van der Waals surface area contributed by atoms with Gasteiger partial charge in [0, 0.05) is 49.2 Å². The van der Waals surface area contributed by atoms with Crippen LogP contribution in [0.3, 0.4) is 0 Å². The number of aryl methyl sites for hydroxylation is 3. The van der Waals surface area contributed by atoms with Crippen LogP contribution in [0.4, 0.5) is 4.39 Å². The first-order chi connectivity index (χ1) is 20.3. The van der Waals surface area contributed by atoms with Crippen LogP contribution in [0.2, 0.25) is 0 Å². The molecule has 2 amide bonds. The first kappa shape index (κ1) is 32.7. The molecule has 0 saturated heterocycles. The van der Waals surface area contributed by atoms with Gasteiger partial charge >= 0.3 is 0 Å². The number of benzene rings is 2. The molecular weight excluding hydrogens is 531 g/mol. The SMILES string of the molecule is CCCN(CCCCOc1cc(F)cc(CCCCNCc2cncc(CC)c2)c1)C(=O)c1cc(C)cc(C(N)=O)c1. The lowest BCUT2D eigenvalue weighted by Crippen LogP contribution is -2.33. The molecule has 7 nitrogen and oxygen atoms in total. The van der Waals surface area contributed by atoms with Crippen LogP contribution in [-0.2, 0) is 19.4 Å². The van der Waals surface area contributed by atoms with E-state index < -0.39 is 5.91 Å². The zero-order valence-corrected chi connectivity index (χ0v) is 25.3. The number of ether oxygens (including phenoxy) is 1. The van der Waals surface area contributed by atoms with Crippen molar-refractivity contribution in [2.75, 3.05) is 26.2 Å². The number of primary amides is 1. The van der Waals surface area contributed by atoms with Gasteiger partial charge in [-0.25, -0.2) is 4.39 Å². The van der Waals surface area contributed by atoms with Gasteiger partial charge in [-0.05, 0) is 111 Å². The number of carbonyl (C=O) groups is 2. The number of halogens is 1. The van der Waals surface area contributed by atoms with E-state index in [0.717, 1.165) is 69.2 Å². The van der Waals surface area contributed by atoms with Crippen molar-refractivity contribution in [2.45, 2.75) is 72.3 Å². The average Bonchev–Trinajstić information content (AvgIpc) is 2.97. The van der Waals surface area contributed by atoms with Crippen LogP contribution in [0.5, 0.6) is 5.75 Å². The van der Waals surface area contributed by atoms with E-state index in [0.29, 0.717) is 36.6 Å². The van der Waals surface area contributed by atoms with Gasteiger partial charge in [0.2, 0.25) is 5.91 Å². The van der Waals surface area contributed by atoms with Crippen molar-refractivity contribution in [1.29, 1.82) is 0 Å². The van der Waals surface area contributed by atoms with Crippen molar-refractivity contribution in [3.05, 3.63) is 94.1 Å². The third kappa shape index (κ3) is 10.9. The molecule has 3 aromatic rings. The highest BCUT2D eigenvalue weighted by atomic mass is 19.1. The molecule has 0 unspecified atom stereocenters. The molecule has 0 saturated carbocycles. The molecule has 0 fully saturated rings.